The van der Waals surface area contributed by atoms with Crippen molar-refractivity contribution < 1.29 is 13.9 Å². The standard InChI is InChI=1S/C14H13BrClFO2/c1-6-7(2)19-8(3)11(6)14(18)9-4-5-10(15)12(16)13(9)17/h4-5,14,18H,1-3H3. The van der Waals surface area contributed by atoms with Crippen molar-refractivity contribution in [1.82, 2.24) is 0 Å². The van der Waals surface area contributed by atoms with Crippen molar-refractivity contribution in [3.05, 3.63) is 55.7 Å². The zero-order valence-electron chi connectivity index (χ0n) is 10.7. The quantitative estimate of drug-likeness (QED) is 0.788. The van der Waals surface area contributed by atoms with Gasteiger partial charge in [0.15, 0.2) is 0 Å². The van der Waals surface area contributed by atoms with Crippen LogP contribution in [0.4, 0.5) is 4.39 Å². The molecule has 5 heteroatoms. The lowest BCUT2D eigenvalue weighted by molar-refractivity contribution is 0.212. The maximum Gasteiger partial charge on any atom is 0.149 e. The van der Waals surface area contributed by atoms with Gasteiger partial charge in [0.05, 0.1) is 5.02 Å². The molecule has 0 aliphatic carbocycles. The number of rotatable bonds is 2. The molecule has 2 nitrogen and oxygen atoms in total. The number of aliphatic hydroxyl groups excluding tert-OH is 1. The SMILES string of the molecule is Cc1oc(C)c(C(O)c2ccc(Br)c(Cl)c2F)c1C. The molecule has 0 spiro atoms. The molecule has 0 radical (unpaired) electrons. The normalized spacial score (nSPS) is 12.8. The number of hydrogen-bond donors (Lipinski definition) is 1. The zero-order valence-corrected chi connectivity index (χ0v) is 13.1. The maximum absolute atomic E-state index is 14.1. The molecule has 1 aromatic carbocycles. The van der Waals surface area contributed by atoms with Crippen molar-refractivity contribution in [1.29, 1.82) is 0 Å². The minimum absolute atomic E-state index is 0.0351. The van der Waals surface area contributed by atoms with Gasteiger partial charge in [-0.25, -0.2) is 4.39 Å². The van der Waals surface area contributed by atoms with Gasteiger partial charge in [0.1, 0.15) is 23.4 Å². The van der Waals surface area contributed by atoms with Crippen LogP contribution in [0.5, 0.6) is 0 Å². The van der Waals surface area contributed by atoms with Crippen LogP contribution in [-0.2, 0) is 0 Å². The summed E-state index contributed by atoms with van der Waals surface area (Å²) in [5.74, 6) is 0.678. The van der Waals surface area contributed by atoms with E-state index in [1.807, 2.05) is 13.8 Å². The van der Waals surface area contributed by atoms with Gasteiger partial charge in [0.25, 0.3) is 0 Å². The number of halogens is 3. The fourth-order valence-electron chi connectivity index (χ4n) is 2.12. The lowest BCUT2D eigenvalue weighted by Gasteiger charge is -2.14. The van der Waals surface area contributed by atoms with Gasteiger partial charge in [-0.05, 0) is 48.3 Å². The number of aryl methyl sites for hydroxylation is 2. The molecule has 0 saturated heterocycles. The highest BCUT2D eigenvalue weighted by Crippen LogP contribution is 2.36. The molecule has 0 fully saturated rings. The number of benzene rings is 1. The molecule has 0 aliphatic rings. The Hall–Kier alpha value is -0.840. The van der Waals surface area contributed by atoms with E-state index < -0.39 is 11.9 Å². The largest absolute Gasteiger partial charge is 0.466 e. The molecule has 102 valence electrons. The summed E-state index contributed by atoms with van der Waals surface area (Å²) >= 11 is 8.99. The molecule has 1 unspecified atom stereocenters. The van der Waals surface area contributed by atoms with Crippen LogP contribution in [0.15, 0.2) is 21.0 Å². The average molecular weight is 348 g/mol. The van der Waals surface area contributed by atoms with Crippen molar-refractivity contribution in [2.24, 2.45) is 0 Å². The van der Waals surface area contributed by atoms with Crippen molar-refractivity contribution in [3.8, 4) is 0 Å². The molecule has 1 atom stereocenters. The van der Waals surface area contributed by atoms with Gasteiger partial charge in [-0.15, -0.1) is 0 Å². The van der Waals surface area contributed by atoms with Crippen molar-refractivity contribution in [3.63, 3.8) is 0 Å². The van der Waals surface area contributed by atoms with E-state index in [-0.39, 0.29) is 10.6 Å². The van der Waals surface area contributed by atoms with E-state index in [0.717, 1.165) is 11.3 Å². The summed E-state index contributed by atoms with van der Waals surface area (Å²) in [6, 6.07) is 3.12. The van der Waals surface area contributed by atoms with E-state index in [2.05, 4.69) is 15.9 Å². The Morgan fingerprint density at radius 3 is 2.42 bits per heavy atom. The van der Waals surface area contributed by atoms with E-state index in [9.17, 15) is 9.50 Å². The van der Waals surface area contributed by atoms with E-state index in [1.54, 1.807) is 13.0 Å². The fraction of sp³-hybridized carbons (Fsp3) is 0.286. The highest BCUT2D eigenvalue weighted by atomic mass is 79.9. The lowest BCUT2D eigenvalue weighted by atomic mass is 9.98. The predicted molar refractivity (Wildman–Crippen MR) is 76.1 cm³/mol. The predicted octanol–water partition coefficient (Wildman–Crippen LogP) is 4.84. The second-order valence-electron chi connectivity index (χ2n) is 4.42. The zero-order chi connectivity index (χ0) is 14.3. The summed E-state index contributed by atoms with van der Waals surface area (Å²) in [6.07, 6.45) is -1.09. The number of aliphatic hydroxyl groups is 1. The number of hydrogen-bond acceptors (Lipinski definition) is 2. The van der Waals surface area contributed by atoms with Crippen LogP contribution in [-0.4, -0.2) is 5.11 Å². The van der Waals surface area contributed by atoms with Crippen molar-refractivity contribution in [2.45, 2.75) is 26.9 Å². The number of furan rings is 1. The van der Waals surface area contributed by atoms with Gasteiger partial charge in [0, 0.05) is 15.6 Å². The Morgan fingerprint density at radius 1 is 1.26 bits per heavy atom. The first-order valence-electron chi connectivity index (χ1n) is 5.72. The van der Waals surface area contributed by atoms with Crippen LogP contribution in [0.3, 0.4) is 0 Å². The van der Waals surface area contributed by atoms with Gasteiger partial charge >= 0.3 is 0 Å². The monoisotopic (exact) mass is 346 g/mol. The molecule has 1 heterocycles. The van der Waals surface area contributed by atoms with E-state index in [4.69, 9.17) is 16.0 Å². The molecule has 1 N–H and O–H groups in total. The topological polar surface area (TPSA) is 33.4 Å². The van der Waals surface area contributed by atoms with Crippen molar-refractivity contribution >= 4 is 27.5 Å². The fourth-order valence-corrected chi connectivity index (χ4v) is 2.60. The van der Waals surface area contributed by atoms with Crippen LogP contribution in [0.2, 0.25) is 5.02 Å². The third-order valence-electron chi connectivity index (χ3n) is 3.25. The summed E-state index contributed by atoms with van der Waals surface area (Å²) in [5, 5.41) is 10.4. The van der Waals surface area contributed by atoms with Gasteiger partial charge < -0.3 is 9.52 Å². The van der Waals surface area contributed by atoms with Gasteiger partial charge in [-0.3, -0.25) is 0 Å². The summed E-state index contributed by atoms with van der Waals surface area (Å²) < 4.78 is 20.0. The first-order chi connectivity index (χ1) is 8.84. The van der Waals surface area contributed by atoms with Crippen LogP contribution < -0.4 is 0 Å². The Balaban J connectivity index is 2.56. The van der Waals surface area contributed by atoms with E-state index in [0.29, 0.717) is 15.8 Å². The Labute approximate surface area is 124 Å². The van der Waals surface area contributed by atoms with E-state index >= 15 is 0 Å². The molecule has 1 aromatic heterocycles. The third kappa shape index (κ3) is 2.45. The lowest BCUT2D eigenvalue weighted by Crippen LogP contribution is -2.05. The smallest absolute Gasteiger partial charge is 0.149 e. The Morgan fingerprint density at radius 2 is 1.89 bits per heavy atom. The molecular formula is C14H13BrClFO2. The summed E-state index contributed by atoms with van der Waals surface area (Å²) in [5.41, 5.74) is 1.55. The third-order valence-corrected chi connectivity index (χ3v) is 4.51. The molecule has 0 saturated carbocycles. The van der Waals surface area contributed by atoms with Gasteiger partial charge in [-0.2, -0.15) is 0 Å². The minimum atomic E-state index is -1.09. The second kappa shape index (κ2) is 5.27. The summed E-state index contributed by atoms with van der Waals surface area (Å²) in [6.45, 7) is 5.39. The molecular weight excluding hydrogens is 335 g/mol. The first-order valence-corrected chi connectivity index (χ1v) is 6.89. The molecule has 2 rings (SSSR count). The molecule has 0 bridgehead atoms. The van der Waals surface area contributed by atoms with Crippen LogP contribution in [0.1, 0.15) is 34.3 Å². The van der Waals surface area contributed by atoms with Crippen LogP contribution in [0, 0.1) is 26.6 Å². The molecule has 2 aromatic rings. The van der Waals surface area contributed by atoms with E-state index in [1.165, 1.54) is 6.07 Å². The van der Waals surface area contributed by atoms with Crippen LogP contribution >= 0.6 is 27.5 Å². The minimum Gasteiger partial charge on any atom is -0.466 e. The van der Waals surface area contributed by atoms with Crippen LogP contribution in [0.25, 0.3) is 0 Å². The molecule has 19 heavy (non-hydrogen) atoms. The molecule has 0 amide bonds. The summed E-state index contributed by atoms with van der Waals surface area (Å²) in [7, 11) is 0. The van der Waals surface area contributed by atoms with Gasteiger partial charge in [-0.1, -0.05) is 17.7 Å². The first kappa shape index (κ1) is 14.6. The highest BCUT2D eigenvalue weighted by Gasteiger charge is 2.24. The molecule has 0 aliphatic heterocycles. The second-order valence-corrected chi connectivity index (χ2v) is 5.65. The average Bonchev–Trinajstić information content (AvgIpc) is 2.60. The Bertz CT molecular complexity index is 637. The van der Waals surface area contributed by atoms with Gasteiger partial charge in [0.2, 0.25) is 0 Å². The summed E-state index contributed by atoms with van der Waals surface area (Å²) in [4.78, 5) is 0. The van der Waals surface area contributed by atoms with Crippen molar-refractivity contribution in [2.75, 3.05) is 0 Å². The maximum atomic E-state index is 14.1. The Kier molecular flexibility index (Phi) is 4.04. The highest BCUT2D eigenvalue weighted by molar-refractivity contribution is 9.10.